The maximum atomic E-state index is 12.1. The molecular formula is C12H17N3O3. The zero-order chi connectivity index (χ0) is 13.7. The molecule has 0 spiro atoms. The van der Waals surface area contributed by atoms with Crippen molar-refractivity contribution in [3.8, 4) is 0 Å². The van der Waals surface area contributed by atoms with Gasteiger partial charge in [-0.2, -0.15) is 0 Å². The van der Waals surface area contributed by atoms with Crippen molar-refractivity contribution >= 4 is 11.6 Å². The molecule has 0 unspecified atom stereocenters. The Kier molecular flexibility index (Phi) is 4.79. The Morgan fingerprint density at radius 3 is 2.72 bits per heavy atom. The zero-order valence-electron chi connectivity index (χ0n) is 10.5. The van der Waals surface area contributed by atoms with E-state index in [-0.39, 0.29) is 17.2 Å². The number of carbonyl (C=O) groups excluding carboxylic acids is 1. The molecule has 0 aliphatic carbocycles. The average Bonchev–Trinajstić information content (AvgIpc) is 2.34. The summed E-state index contributed by atoms with van der Waals surface area (Å²) in [4.78, 5) is 23.9. The van der Waals surface area contributed by atoms with Crippen molar-refractivity contribution in [1.29, 1.82) is 0 Å². The summed E-state index contributed by atoms with van der Waals surface area (Å²) < 4.78 is 0. The summed E-state index contributed by atoms with van der Waals surface area (Å²) in [6.07, 6.45) is 0.669. The van der Waals surface area contributed by atoms with Gasteiger partial charge in [0.25, 0.3) is 11.6 Å². The number of nitrogens with two attached hydrogens (primary N) is 1. The molecule has 0 fully saturated rings. The molecule has 0 heterocycles. The van der Waals surface area contributed by atoms with Gasteiger partial charge < -0.3 is 10.6 Å². The van der Waals surface area contributed by atoms with Crippen molar-refractivity contribution in [2.24, 2.45) is 5.73 Å². The van der Waals surface area contributed by atoms with E-state index in [2.05, 4.69) is 0 Å². The van der Waals surface area contributed by atoms with Crippen LogP contribution in [-0.2, 0) is 0 Å². The Labute approximate surface area is 106 Å². The molecule has 0 aromatic heterocycles. The van der Waals surface area contributed by atoms with Gasteiger partial charge in [-0.25, -0.2) is 0 Å². The summed E-state index contributed by atoms with van der Waals surface area (Å²) >= 11 is 0. The highest BCUT2D eigenvalue weighted by molar-refractivity contribution is 5.98. The molecule has 0 saturated heterocycles. The van der Waals surface area contributed by atoms with Gasteiger partial charge in [0, 0.05) is 19.7 Å². The fourth-order valence-electron chi connectivity index (χ4n) is 1.62. The molecule has 0 atom stereocenters. The second-order valence-corrected chi connectivity index (χ2v) is 4.15. The smallest absolute Gasteiger partial charge is 0.282 e. The number of carbonyl (C=O) groups is 1. The number of nitrogens with zero attached hydrogens (tertiary/aromatic N) is 2. The monoisotopic (exact) mass is 251 g/mol. The summed E-state index contributed by atoms with van der Waals surface area (Å²) in [7, 11) is 1.62. The quantitative estimate of drug-likeness (QED) is 0.631. The van der Waals surface area contributed by atoms with Gasteiger partial charge in [-0.1, -0.05) is 6.07 Å². The van der Waals surface area contributed by atoms with E-state index in [4.69, 9.17) is 5.73 Å². The first kappa shape index (κ1) is 14.1. The topological polar surface area (TPSA) is 89.5 Å². The lowest BCUT2D eigenvalue weighted by Crippen LogP contribution is -2.29. The first-order valence-electron chi connectivity index (χ1n) is 5.68. The third-order valence-electron chi connectivity index (χ3n) is 2.62. The van der Waals surface area contributed by atoms with E-state index in [1.807, 2.05) is 0 Å². The van der Waals surface area contributed by atoms with Gasteiger partial charge in [0.05, 0.1) is 4.92 Å². The fourth-order valence-corrected chi connectivity index (χ4v) is 1.62. The first-order valence-corrected chi connectivity index (χ1v) is 5.68. The number of amides is 1. The second-order valence-electron chi connectivity index (χ2n) is 4.15. The van der Waals surface area contributed by atoms with E-state index in [9.17, 15) is 14.9 Å². The van der Waals surface area contributed by atoms with Crippen molar-refractivity contribution in [3.63, 3.8) is 0 Å². The van der Waals surface area contributed by atoms with Crippen LogP contribution in [0.5, 0.6) is 0 Å². The third kappa shape index (κ3) is 3.27. The van der Waals surface area contributed by atoms with Crippen LogP contribution in [0.1, 0.15) is 22.3 Å². The maximum absolute atomic E-state index is 12.1. The van der Waals surface area contributed by atoms with Gasteiger partial charge in [0.1, 0.15) is 5.56 Å². The van der Waals surface area contributed by atoms with Crippen molar-refractivity contribution in [2.45, 2.75) is 13.3 Å². The molecule has 1 aromatic rings. The number of aryl methyl sites for hydroxylation is 1. The van der Waals surface area contributed by atoms with E-state index in [1.165, 1.54) is 11.0 Å². The molecule has 1 rings (SSSR count). The molecule has 1 aromatic carbocycles. The third-order valence-corrected chi connectivity index (χ3v) is 2.62. The average molecular weight is 251 g/mol. The Bertz CT molecular complexity index is 460. The van der Waals surface area contributed by atoms with Gasteiger partial charge in [0.15, 0.2) is 0 Å². The standard InChI is InChI=1S/C12H17N3O3/c1-9-4-5-11(15(17)18)10(8-9)12(16)14(2)7-3-6-13/h4-5,8H,3,6-7,13H2,1-2H3. The van der Waals surface area contributed by atoms with Crippen molar-refractivity contribution in [1.82, 2.24) is 4.90 Å². The van der Waals surface area contributed by atoms with Crippen LogP contribution in [0.15, 0.2) is 18.2 Å². The van der Waals surface area contributed by atoms with E-state index >= 15 is 0 Å². The predicted molar refractivity (Wildman–Crippen MR) is 68.5 cm³/mol. The van der Waals surface area contributed by atoms with Crippen molar-refractivity contribution in [3.05, 3.63) is 39.4 Å². The molecule has 0 saturated carbocycles. The molecular weight excluding hydrogens is 234 g/mol. The Hall–Kier alpha value is -1.95. The van der Waals surface area contributed by atoms with Crippen LogP contribution in [0.25, 0.3) is 0 Å². The van der Waals surface area contributed by atoms with Gasteiger partial charge in [-0.3, -0.25) is 14.9 Å². The zero-order valence-corrected chi connectivity index (χ0v) is 10.5. The van der Waals surface area contributed by atoms with Gasteiger partial charge in [-0.05, 0) is 31.5 Å². The van der Waals surface area contributed by atoms with E-state index < -0.39 is 4.92 Å². The lowest BCUT2D eigenvalue weighted by Gasteiger charge is -2.16. The van der Waals surface area contributed by atoms with Gasteiger partial charge in [0.2, 0.25) is 0 Å². The largest absolute Gasteiger partial charge is 0.341 e. The van der Waals surface area contributed by atoms with Crippen LogP contribution in [-0.4, -0.2) is 35.9 Å². The van der Waals surface area contributed by atoms with E-state index in [0.29, 0.717) is 19.5 Å². The van der Waals surface area contributed by atoms with Crippen LogP contribution < -0.4 is 5.73 Å². The molecule has 18 heavy (non-hydrogen) atoms. The molecule has 0 aliphatic rings. The number of rotatable bonds is 5. The lowest BCUT2D eigenvalue weighted by atomic mass is 10.1. The van der Waals surface area contributed by atoms with Crippen LogP contribution in [0, 0.1) is 17.0 Å². The minimum atomic E-state index is -0.538. The summed E-state index contributed by atoms with van der Waals surface area (Å²) in [5.41, 5.74) is 6.15. The molecule has 1 amide bonds. The van der Waals surface area contributed by atoms with E-state index in [0.717, 1.165) is 5.56 Å². The number of hydrogen-bond acceptors (Lipinski definition) is 4. The molecule has 0 bridgehead atoms. The Balaban J connectivity index is 3.03. The van der Waals surface area contributed by atoms with Crippen LogP contribution in [0.3, 0.4) is 0 Å². The normalized spacial score (nSPS) is 10.2. The van der Waals surface area contributed by atoms with Gasteiger partial charge >= 0.3 is 0 Å². The van der Waals surface area contributed by atoms with Crippen LogP contribution in [0.4, 0.5) is 5.69 Å². The molecule has 0 aliphatic heterocycles. The summed E-state index contributed by atoms with van der Waals surface area (Å²) in [5, 5.41) is 10.9. The molecule has 0 radical (unpaired) electrons. The molecule has 2 N–H and O–H groups in total. The molecule has 6 heteroatoms. The summed E-state index contributed by atoms with van der Waals surface area (Å²) in [6.45, 7) is 2.76. The van der Waals surface area contributed by atoms with Crippen LogP contribution >= 0.6 is 0 Å². The number of nitro benzene ring substituents is 1. The number of benzene rings is 1. The van der Waals surface area contributed by atoms with Crippen molar-refractivity contribution < 1.29 is 9.72 Å². The summed E-state index contributed by atoms with van der Waals surface area (Å²) in [6, 6.07) is 4.52. The molecule has 98 valence electrons. The summed E-state index contributed by atoms with van der Waals surface area (Å²) in [5.74, 6) is -0.348. The highest BCUT2D eigenvalue weighted by Gasteiger charge is 2.22. The van der Waals surface area contributed by atoms with Crippen LogP contribution in [0.2, 0.25) is 0 Å². The van der Waals surface area contributed by atoms with Crippen molar-refractivity contribution in [2.75, 3.05) is 20.1 Å². The highest BCUT2D eigenvalue weighted by Crippen LogP contribution is 2.21. The molecule has 6 nitrogen and oxygen atoms in total. The maximum Gasteiger partial charge on any atom is 0.282 e. The lowest BCUT2D eigenvalue weighted by molar-refractivity contribution is -0.385. The Morgan fingerprint density at radius 1 is 1.50 bits per heavy atom. The predicted octanol–water partition coefficient (Wildman–Crippen LogP) is 1.32. The van der Waals surface area contributed by atoms with Gasteiger partial charge in [-0.15, -0.1) is 0 Å². The first-order chi connectivity index (χ1) is 8.47. The highest BCUT2D eigenvalue weighted by atomic mass is 16.6. The Morgan fingerprint density at radius 2 is 2.17 bits per heavy atom. The number of hydrogen-bond donors (Lipinski definition) is 1. The SMILES string of the molecule is Cc1ccc([N+](=O)[O-])c(C(=O)N(C)CCCN)c1. The minimum absolute atomic E-state index is 0.125. The minimum Gasteiger partial charge on any atom is -0.341 e. The second kappa shape index (κ2) is 6.11. The number of nitro groups is 1. The fraction of sp³-hybridized carbons (Fsp3) is 0.417. The van der Waals surface area contributed by atoms with E-state index in [1.54, 1.807) is 26.1 Å².